The second-order valence-corrected chi connectivity index (χ2v) is 15.9. The first-order chi connectivity index (χ1) is 16.0. The van der Waals surface area contributed by atoms with E-state index in [4.69, 9.17) is 9.16 Å². The van der Waals surface area contributed by atoms with Crippen LogP contribution in [-0.2, 0) is 14.0 Å². The van der Waals surface area contributed by atoms with E-state index in [0.29, 0.717) is 12.2 Å². The molecular weight excluding hydrogens is 469 g/mol. The number of rotatable bonds is 9. The van der Waals surface area contributed by atoms with Crippen molar-refractivity contribution in [1.29, 1.82) is 0 Å². The van der Waals surface area contributed by atoms with E-state index in [1.807, 2.05) is 30.3 Å². The minimum absolute atomic E-state index is 0.0415. The molecule has 8 heteroatoms. The Morgan fingerprint density at radius 1 is 1.18 bits per heavy atom. The summed E-state index contributed by atoms with van der Waals surface area (Å²) >= 11 is 1.47. The minimum atomic E-state index is -2.06. The van der Waals surface area contributed by atoms with Crippen molar-refractivity contribution in [1.82, 2.24) is 4.90 Å². The van der Waals surface area contributed by atoms with Crippen molar-refractivity contribution in [3.8, 4) is 0 Å². The van der Waals surface area contributed by atoms with Gasteiger partial charge in [0.2, 0.25) is 5.91 Å². The van der Waals surface area contributed by atoms with E-state index in [9.17, 15) is 14.0 Å². The molecular formula is C26H34FNO4SSi. The highest BCUT2D eigenvalue weighted by molar-refractivity contribution is 7.99. The summed E-state index contributed by atoms with van der Waals surface area (Å²) < 4.78 is 25.5. The predicted octanol–water partition coefficient (Wildman–Crippen LogP) is 6.73. The van der Waals surface area contributed by atoms with E-state index in [1.165, 1.54) is 28.8 Å². The Bertz CT molecular complexity index is 979. The van der Waals surface area contributed by atoms with Crippen LogP contribution in [-0.4, -0.2) is 43.3 Å². The lowest BCUT2D eigenvalue weighted by molar-refractivity contribution is -0.125. The van der Waals surface area contributed by atoms with Crippen LogP contribution in [0.5, 0.6) is 0 Å². The Kier molecular flexibility index (Phi) is 8.60. The van der Waals surface area contributed by atoms with Crippen LogP contribution in [0.15, 0.2) is 54.6 Å². The van der Waals surface area contributed by atoms with Crippen LogP contribution in [0.3, 0.4) is 0 Å². The van der Waals surface area contributed by atoms with Gasteiger partial charge in [-0.1, -0.05) is 63.2 Å². The topological polar surface area (TPSA) is 55.8 Å². The molecule has 34 heavy (non-hydrogen) atoms. The summed E-state index contributed by atoms with van der Waals surface area (Å²) in [7, 11) is -2.06. The van der Waals surface area contributed by atoms with Gasteiger partial charge in [0.05, 0.1) is 18.4 Å². The summed E-state index contributed by atoms with van der Waals surface area (Å²) in [6.07, 6.45) is -0.510. The molecule has 0 N–H and O–H groups in total. The van der Waals surface area contributed by atoms with E-state index in [2.05, 4.69) is 33.9 Å². The van der Waals surface area contributed by atoms with Crippen molar-refractivity contribution < 1.29 is 23.1 Å². The summed E-state index contributed by atoms with van der Waals surface area (Å²) in [5, 5.41) is 0.0415. The zero-order valence-corrected chi connectivity index (χ0v) is 22.4. The summed E-state index contributed by atoms with van der Waals surface area (Å²) in [6.45, 7) is 11.2. The predicted molar refractivity (Wildman–Crippen MR) is 137 cm³/mol. The van der Waals surface area contributed by atoms with Gasteiger partial charge >= 0.3 is 6.09 Å². The van der Waals surface area contributed by atoms with Crippen LogP contribution in [0.25, 0.3) is 0 Å². The van der Waals surface area contributed by atoms with E-state index in [0.717, 1.165) is 11.1 Å². The number of carbonyl (C=O) groups excluding carboxylic acids is 2. The number of hydrogen-bond acceptors (Lipinski definition) is 5. The van der Waals surface area contributed by atoms with Crippen LogP contribution in [0.1, 0.15) is 50.5 Å². The Balaban J connectivity index is 1.56. The summed E-state index contributed by atoms with van der Waals surface area (Å²) in [6, 6.07) is 15.9. The van der Waals surface area contributed by atoms with Crippen LogP contribution < -0.4 is 0 Å². The van der Waals surface area contributed by atoms with Crippen molar-refractivity contribution in [3.05, 3.63) is 71.5 Å². The van der Waals surface area contributed by atoms with Gasteiger partial charge in [0.25, 0.3) is 0 Å². The first-order valence-electron chi connectivity index (χ1n) is 11.5. The molecule has 0 radical (unpaired) electrons. The quantitative estimate of drug-likeness (QED) is 0.280. The minimum Gasteiger partial charge on any atom is -0.439 e. The number of amides is 2. The molecule has 1 saturated heterocycles. The highest BCUT2D eigenvalue weighted by Crippen LogP contribution is 2.41. The number of hydrogen-bond donors (Lipinski definition) is 0. The second-order valence-electron chi connectivity index (χ2n) is 10.0. The average Bonchev–Trinajstić information content (AvgIpc) is 3.18. The number of halogens is 1. The molecule has 184 valence electrons. The first kappa shape index (κ1) is 26.4. The maximum absolute atomic E-state index is 13.5. The van der Waals surface area contributed by atoms with Crippen LogP contribution in [0.4, 0.5) is 9.18 Å². The fraction of sp³-hybridized carbons (Fsp3) is 0.462. The maximum atomic E-state index is 13.5. The third-order valence-electron chi connectivity index (χ3n) is 6.52. The lowest BCUT2D eigenvalue weighted by Crippen LogP contribution is -2.42. The smallest absolute Gasteiger partial charge is 0.417 e. The first-order valence-corrected chi connectivity index (χ1v) is 15.6. The molecule has 0 aromatic heterocycles. The van der Waals surface area contributed by atoms with Gasteiger partial charge in [-0.2, -0.15) is 11.8 Å². The molecule has 2 atom stereocenters. The zero-order chi connectivity index (χ0) is 24.9. The van der Waals surface area contributed by atoms with Gasteiger partial charge < -0.3 is 9.16 Å². The lowest BCUT2D eigenvalue weighted by Gasteiger charge is -2.39. The molecule has 2 amide bonds. The number of nitrogens with zero attached hydrogens (tertiary/aromatic N) is 1. The van der Waals surface area contributed by atoms with Crippen molar-refractivity contribution >= 4 is 32.1 Å². The normalized spacial score (nSPS) is 17.5. The van der Waals surface area contributed by atoms with Crippen molar-refractivity contribution in [3.63, 3.8) is 0 Å². The number of carbonyl (C=O) groups is 2. The largest absolute Gasteiger partial charge is 0.439 e. The van der Waals surface area contributed by atoms with Crippen LogP contribution in [0, 0.1) is 5.82 Å². The highest BCUT2D eigenvalue weighted by atomic mass is 32.2. The van der Waals surface area contributed by atoms with E-state index in [-0.39, 0.29) is 35.2 Å². The average molecular weight is 504 g/mol. The molecule has 3 rings (SSSR count). The van der Waals surface area contributed by atoms with Crippen molar-refractivity contribution in [2.75, 3.05) is 18.1 Å². The zero-order valence-electron chi connectivity index (χ0n) is 20.5. The molecule has 2 aromatic rings. The van der Waals surface area contributed by atoms with Gasteiger partial charge in [0, 0.05) is 0 Å². The number of cyclic esters (lactones) is 1. The van der Waals surface area contributed by atoms with E-state index in [1.54, 1.807) is 12.1 Å². The number of benzene rings is 2. The van der Waals surface area contributed by atoms with Gasteiger partial charge in [-0.3, -0.25) is 4.79 Å². The molecule has 1 fully saturated rings. The Labute approximate surface area is 207 Å². The Morgan fingerprint density at radius 2 is 1.82 bits per heavy atom. The van der Waals surface area contributed by atoms with Crippen molar-refractivity contribution in [2.24, 2.45) is 0 Å². The molecule has 5 nitrogen and oxygen atoms in total. The third kappa shape index (κ3) is 6.70. The monoisotopic (exact) mass is 503 g/mol. The maximum Gasteiger partial charge on any atom is 0.417 e. The Hall–Kier alpha value is -2.16. The molecule has 0 aliphatic carbocycles. The molecule has 1 aliphatic rings. The SMILES string of the molecule is CC(C)(C)[Si](C)(C)O[C@@H](CCSCC(=O)N1C[C@H](c2ccccc2)OC1=O)c1ccc(F)cc1. The highest BCUT2D eigenvalue weighted by Gasteiger charge is 2.39. The van der Waals surface area contributed by atoms with Crippen LogP contribution in [0.2, 0.25) is 18.1 Å². The lowest BCUT2D eigenvalue weighted by atomic mass is 10.1. The molecule has 1 aliphatic heterocycles. The fourth-order valence-corrected chi connectivity index (χ4v) is 5.61. The van der Waals surface area contributed by atoms with Gasteiger partial charge in [-0.05, 0) is 53.6 Å². The van der Waals surface area contributed by atoms with E-state index < -0.39 is 20.5 Å². The molecule has 2 aromatic carbocycles. The van der Waals surface area contributed by atoms with Gasteiger partial charge in [-0.25, -0.2) is 14.1 Å². The summed E-state index contributed by atoms with van der Waals surface area (Å²) in [5.41, 5.74) is 1.82. The summed E-state index contributed by atoms with van der Waals surface area (Å²) in [4.78, 5) is 26.1. The fourth-order valence-electron chi connectivity index (χ4n) is 3.44. The number of imide groups is 1. The second kappa shape index (κ2) is 11.1. The van der Waals surface area contributed by atoms with Gasteiger partial charge in [0.1, 0.15) is 11.9 Å². The molecule has 0 saturated carbocycles. The third-order valence-corrected chi connectivity index (χ3v) is 12.0. The number of thioether (sulfide) groups is 1. The van der Waals surface area contributed by atoms with Crippen molar-refractivity contribution in [2.45, 2.75) is 57.5 Å². The van der Waals surface area contributed by atoms with Gasteiger partial charge in [0.15, 0.2) is 8.32 Å². The van der Waals surface area contributed by atoms with E-state index >= 15 is 0 Å². The molecule has 0 bridgehead atoms. The number of ether oxygens (including phenoxy) is 1. The van der Waals surface area contributed by atoms with Gasteiger partial charge in [-0.15, -0.1) is 0 Å². The molecule has 1 heterocycles. The molecule has 0 spiro atoms. The Morgan fingerprint density at radius 3 is 2.44 bits per heavy atom. The standard InChI is InChI=1S/C26H34FNO4SSi/c1-26(2,3)34(4,5)32-22(20-11-13-21(27)14-12-20)15-16-33-18-24(29)28-17-23(31-25(28)30)19-9-7-6-8-10-19/h6-14,22-23H,15-18H2,1-5H3/t22-,23+/m0/s1. The summed E-state index contributed by atoms with van der Waals surface area (Å²) in [5.74, 6) is 0.332. The molecule has 0 unspecified atom stereocenters. The van der Waals surface area contributed by atoms with Crippen LogP contribution >= 0.6 is 11.8 Å².